The van der Waals surface area contributed by atoms with Gasteiger partial charge in [-0.05, 0) is 55.3 Å². The third kappa shape index (κ3) is 4.08. The predicted octanol–water partition coefficient (Wildman–Crippen LogP) is 5.46. The number of hydrogen-bond acceptors (Lipinski definition) is 7. The number of aromatic nitrogens is 5. The molecule has 1 aliphatic heterocycles. The van der Waals surface area contributed by atoms with Gasteiger partial charge in [-0.1, -0.05) is 6.07 Å². The number of hydrogen-bond donors (Lipinski definition) is 1. The van der Waals surface area contributed by atoms with Gasteiger partial charge in [0.05, 0.1) is 17.1 Å². The highest BCUT2D eigenvalue weighted by Crippen LogP contribution is 2.41. The molecular weight excluding hydrogens is 456 g/mol. The quantitative estimate of drug-likeness (QED) is 0.356. The minimum atomic E-state index is -0.0656. The summed E-state index contributed by atoms with van der Waals surface area (Å²) in [6.07, 6.45) is 3.56. The number of nitrogens with one attached hydrogen (secondary N) is 1. The number of pyridine rings is 1. The van der Waals surface area contributed by atoms with E-state index in [9.17, 15) is 4.79 Å². The fourth-order valence-electron chi connectivity index (χ4n) is 4.70. The predicted molar refractivity (Wildman–Crippen MR) is 133 cm³/mol. The molecule has 1 fully saturated rings. The molecule has 9 nitrogen and oxygen atoms in total. The molecule has 0 spiro atoms. The second-order valence-corrected chi connectivity index (χ2v) is 8.83. The summed E-state index contributed by atoms with van der Waals surface area (Å²) in [6.45, 7) is 4.11. The molecule has 1 N–H and O–H groups in total. The number of imidazole rings is 1. The Hall–Kier alpha value is -4.53. The topological polar surface area (TPSA) is 110 Å². The van der Waals surface area contributed by atoms with Crippen LogP contribution in [0.3, 0.4) is 0 Å². The fraction of sp³-hybridized carbons (Fsp3) is 0.222. The van der Waals surface area contributed by atoms with E-state index in [1.54, 1.807) is 20.0 Å². The van der Waals surface area contributed by atoms with Crippen molar-refractivity contribution in [2.24, 2.45) is 0 Å². The van der Waals surface area contributed by atoms with E-state index in [1.807, 2.05) is 59.5 Å². The second-order valence-electron chi connectivity index (χ2n) is 8.83. The first kappa shape index (κ1) is 22.0. The van der Waals surface area contributed by atoms with Crippen LogP contribution in [0.1, 0.15) is 37.3 Å². The Kier molecular flexibility index (Phi) is 5.44. The molecule has 6 rings (SSSR count). The lowest BCUT2D eigenvalue weighted by Crippen LogP contribution is -2.28. The van der Waals surface area contributed by atoms with E-state index in [0.29, 0.717) is 29.1 Å². The highest BCUT2D eigenvalue weighted by Gasteiger charge is 2.31. The maximum Gasteiger partial charge on any atom is 0.247 e. The van der Waals surface area contributed by atoms with Gasteiger partial charge in [-0.25, -0.2) is 4.98 Å². The van der Waals surface area contributed by atoms with Gasteiger partial charge in [0.1, 0.15) is 17.2 Å². The highest BCUT2D eigenvalue weighted by molar-refractivity contribution is 5.82. The zero-order valence-electron chi connectivity index (χ0n) is 19.9. The molecule has 1 unspecified atom stereocenters. The molecule has 4 heterocycles. The third-order valence-electron chi connectivity index (χ3n) is 6.39. The van der Waals surface area contributed by atoms with Crippen LogP contribution in [0.4, 0.5) is 0 Å². The minimum Gasteiger partial charge on any atom is -0.457 e. The number of benzene rings is 2. The van der Waals surface area contributed by atoms with Crippen LogP contribution in [0.2, 0.25) is 0 Å². The van der Waals surface area contributed by atoms with Gasteiger partial charge < -0.3 is 19.0 Å². The Labute approximate surface area is 207 Å². The summed E-state index contributed by atoms with van der Waals surface area (Å²) >= 11 is 0. The molecule has 1 aliphatic rings. The van der Waals surface area contributed by atoms with Crippen molar-refractivity contribution >= 4 is 16.9 Å². The summed E-state index contributed by atoms with van der Waals surface area (Å²) in [5, 5.41) is 7.96. The number of rotatable bonds is 5. The van der Waals surface area contributed by atoms with Crippen LogP contribution in [-0.4, -0.2) is 42.5 Å². The summed E-state index contributed by atoms with van der Waals surface area (Å²) in [5.74, 6) is 3.04. The molecule has 0 saturated carbocycles. The van der Waals surface area contributed by atoms with Crippen molar-refractivity contribution < 1.29 is 13.9 Å². The zero-order chi connectivity index (χ0) is 24.6. The standard InChI is InChI=1S/C27H24N6O3/c1-16-31-32-27(35-16)18-8-10-19(11-9-18)36-25-15-23-22(29-26(30-23)21-6-3-4-12-28-21)14-20(25)24-7-5-13-33(24)17(2)34/h3-4,6,8-12,14-15,24H,5,7,13H2,1-2H3,(H,29,30). The lowest BCUT2D eigenvalue weighted by atomic mass is 10.0. The van der Waals surface area contributed by atoms with Crippen LogP contribution in [-0.2, 0) is 4.79 Å². The fourth-order valence-corrected chi connectivity index (χ4v) is 4.70. The molecule has 1 saturated heterocycles. The summed E-state index contributed by atoms with van der Waals surface area (Å²) in [6, 6.07) is 17.1. The van der Waals surface area contributed by atoms with Crippen molar-refractivity contribution in [2.45, 2.75) is 32.7 Å². The molecule has 36 heavy (non-hydrogen) atoms. The number of H-pyrrole nitrogens is 1. The van der Waals surface area contributed by atoms with Crippen molar-refractivity contribution in [2.75, 3.05) is 6.54 Å². The van der Waals surface area contributed by atoms with Crippen molar-refractivity contribution in [3.63, 3.8) is 0 Å². The average molecular weight is 481 g/mol. The van der Waals surface area contributed by atoms with Gasteiger partial charge in [-0.3, -0.25) is 9.78 Å². The zero-order valence-corrected chi connectivity index (χ0v) is 19.9. The first-order valence-corrected chi connectivity index (χ1v) is 11.9. The number of fused-ring (bicyclic) bond motifs is 1. The first-order valence-electron chi connectivity index (χ1n) is 11.9. The number of ether oxygens (including phenoxy) is 1. The van der Waals surface area contributed by atoms with E-state index >= 15 is 0 Å². The van der Waals surface area contributed by atoms with Crippen molar-refractivity contribution in [1.29, 1.82) is 0 Å². The number of carbonyl (C=O) groups excluding carboxylic acids is 1. The SMILES string of the molecule is CC(=O)N1CCCC1c1cc2[nH]c(-c3ccccn3)nc2cc1Oc1ccc(-c2nnc(C)o2)cc1. The first-order chi connectivity index (χ1) is 17.5. The van der Waals surface area contributed by atoms with E-state index in [-0.39, 0.29) is 11.9 Å². The van der Waals surface area contributed by atoms with E-state index in [2.05, 4.69) is 20.2 Å². The van der Waals surface area contributed by atoms with Crippen LogP contribution in [0.15, 0.2) is 65.2 Å². The summed E-state index contributed by atoms with van der Waals surface area (Å²) in [5.41, 5.74) is 4.15. The number of aryl methyl sites for hydroxylation is 1. The molecule has 1 atom stereocenters. The van der Waals surface area contributed by atoms with Crippen LogP contribution in [0.5, 0.6) is 11.5 Å². The second kappa shape index (κ2) is 8.92. The van der Waals surface area contributed by atoms with E-state index in [0.717, 1.165) is 47.2 Å². The summed E-state index contributed by atoms with van der Waals surface area (Å²) in [4.78, 5) is 26.8. The van der Waals surface area contributed by atoms with Gasteiger partial charge in [0.2, 0.25) is 17.7 Å². The molecular formula is C27H24N6O3. The summed E-state index contributed by atoms with van der Waals surface area (Å²) in [7, 11) is 0. The van der Waals surface area contributed by atoms with Crippen molar-refractivity contribution in [3.05, 3.63) is 72.2 Å². The third-order valence-corrected chi connectivity index (χ3v) is 6.39. The lowest BCUT2D eigenvalue weighted by Gasteiger charge is -2.25. The molecule has 0 aliphatic carbocycles. The van der Waals surface area contributed by atoms with Gasteiger partial charge in [0.25, 0.3) is 0 Å². The Bertz CT molecular complexity index is 1540. The molecule has 1 amide bonds. The maximum absolute atomic E-state index is 12.4. The van der Waals surface area contributed by atoms with E-state index in [4.69, 9.17) is 14.1 Å². The summed E-state index contributed by atoms with van der Waals surface area (Å²) < 4.78 is 11.9. The molecule has 0 radical (unpaired) electrons. The molecule has 2 aromatic carbocycles. The monoisotopic (exact) mass is 480 g/mol. The number of likely N-dealkylation sites (tertiary alicyclic amines) is 1. The van der Waals surface area contributed by atoms with Crippen LogP contribution >= 0.6 is 0 Å². The Morgan fingerprint density at radius 2 is 2.00 bits per heavy atom. The highest BCUT2D eigenvalue weighted by atomic mass is 16.5. The van der Waals surface area contributed by atoms with Crippen LogP contribution in [0, 0.1) is 6.92 Å². The number of amides is 1. The Morgan fingerprint density at radius 1 is 1.14 bits per heavy atom. The maximum atomic E-state index is 12.4. The van der Waals surface area contributed by atoms with Crippen LogP contribution in [0.25, 0.3) is 34.0 Å². The Balaban J connectivity index is 1.40. The van der Waals surface area contributed by atoms with Gasteiger partial charge in [-0.2, -0.15) is 0 Å². The van der Waals surface area contributed by atoms with Crippen molar-refractivity contribution in [1.82, 2.24) is 30.0 Å². The van der Waals surface area contributed by atoms with Gasteiger partial charge in [0.15, 0.2) is 5.82 Å². The normalized spacial score (nSPS) is 15.5. The average Bonchev–Trinajstić information content (AvgIpc) is 3.64. The molecule has 0 bridgehead atoms. The van der Waals surface area contributed by atoms with Crippen LogP contribution < -0.4 is 4.74 Å². The van der Waals surface area contributed by atoms with Gasteiger partial charge in [-0.15, -0.1) is 10.2 Å². The largest absolute Gasteiger partial charge is 0.457 e. The lowest BCUT2D eigenvalue weighted by molar-refractivity contribution is -0.129. The minimum absolute atomic E-state index is 0.0570. The molecule has 5 aromatic rings. The van der Waals surface area contributed by atoms with Gasteiger partial charge in [0, 0.05) is 43.8 Å². The molecule has 3 aromatic heterocycles. The molecule has 180 valence electrons. The molecule has 9 heteroatoms. The van der Waals surface area contributed by atoms with Crippen molar-refractivity contribution in [3.8, 4) is 34.5 Å². The number of carbonyl (C=O) groups is 1. The Morgan fingerprint density at radius 3 is 2.72 bits per heavy atom. The van der Waals surface area contributed by atoms with E-state index in [1.165, 1.54) is 0 Å². The van der Waals surface area contributed by atoms with Gasteiger partial charge >= 0.3 is 0 Å². The number of nitrogens with zero attached hydrogens (tertiary/aromatic N) is 5. The number of aromatic amines is 1. The smallest absolute Gasteiger partial charge is 0.247 e. The van der Waals surface area contributed by atoms with E-state index < -0.39 is 0 Å².